The number of allylic oxidation sites excluding steroid dienone is 1. The highest BCUT2D eigenvalue weighted by atomic mass is 16.1. The summed E-state index contributed by atoms with van der Waals surface area (Å²) in [5.74, 6) is 0.269. The third-order valence-electron chi connectivity index (χ3n) is 3.49. The van der Waals surface area contributed by atoms with Crippen molar-refractivity contribution in [1.29, 1.82) is 0 Å². The van der Waals surface area contributed by atoms with Crippen LogP contribution in [0.1, 0.15) is 24.5 Å². The molecule has 0 heterocycles. The largest absolute Gasteiger partial charge is 0.295 e. The molecule has 17 heavy (non-hydrogen) atoms. The molecular formula is C16H14O. The highest BCUT2D eigenvalue weighted by Crippen LogP contribution is 2.28. The van der Waals surface area contributed by atoms with Gasteiger partial charge in [-0.05, 0) is 46.9 Å². The lowest BCUT2D eigenvalue weighted by molar-refractivity contribution is -0.115. The maximum absolute atomic E-state index is 11.8. The minimum absolute atomic E-state index is 0.269. The lowest BCUT2D eigenvalue weighted by Crippen LogP contribution is -1.98. The monoisotopic (exact) mass is 222 g/mol. The number of hydrogen-bond donors (Lipinski definition) is 0. The molecule has 0 bridgehead atoms. The van der Waals surface area contributed by atoms with Crippen LogP contribution in [0.25, 0.3) is 16.8 Å². The van der Waals surface area contributed by atoms with Crippen LogP contribution in [0, 0.1) is 0 Å². The second-order valence-corrected chi connectivity index (χ2v) is 4.61. The van der Waals surface area contributed by atoms with Gasteiger partial charge < -0.3 is 0 Å². The van der Waals surface area contributed by atoms with Crippen molar-refractivity contribution in [1.82, 2.24) is 0 Å². The van der Waals surface area contributed by atoms with E-state index in [4.69, 9.17) is 0 Å². The van der Waals surface area contributed by atoms with Crippen molar-refractivity contribution in [3.63, 3.8) is 0 Å². The SMILES string of the molecule is CC1=Cc2ccc3ccccc3c2CCC1=O. The summed E-state index contributed by atoms with van der Waals surface area (Å²) in [5.41, 5.74) is 3.39. The average molecular weight is 222 g/mol. The molecule has 2 aromatic rings. The van der Waals surface area contributed by atoms with Gasteiger partial charge in [0.05, 0.1) is 0 Å². The fourth-order valence-electron chi connectivity index (χ4n) is 2.52. The molecule has 0 atom stereocenters. The fraction of sp³-hybridized carbons (Fsp3) is 0.188. The molecule has 0 unspecified atom stereocenters. The van der Waals surface area contributed by atoms with Crippen molar-refractivity contribution < 1.29 is 4.79 Å². The Balaban J connectivity index is 2.30. The van der Waals surface area contributed by atoms with Crippen molar-refractivity contribution in [2.24, 2.45) is 0 Å². The van der Waals surface area contributed by atoms with E-state index in [-0.39, 0.29) is 5.78 Å². The van der Waals surface area contributed by atoms with Gasteiger partial charge in [-0.1, -0.05) is 36.4 Å². The zero-order valence-electron chi connectivity index (χ0n) is 9.86. The van der Waals surface area contributed by atoms with Crippen LogP contribution < -0.4 is 0 Å². The van der Waals surface area contributed by atoms with Gasteiger partial charge in [0.2, 0.25) is 0 Å². The number of Topliss-reactive ketones (excluding diaryl/α,β-unsaturated/α-hetero) is 1. The van der Waals surface area contributed by atoms with E-state index >= 15 is 0 Å². The Kier molecular flexibility index (Phi) is 2.32. The molecule has 0 spiro atoms. The van der Waals surface area contributed by atoms with E-state index in [9.17, 15) is 4.79 Å². The molecule has 0 saturated carbocycles. The molecule has 1 aliphatic rings. The summed E-state index contributed by atoms with van der Waals surface area (Å²) in [5, 5.41) is 2.54. The average Bonchev–Trinajstić information content (AvgIpc) is 2.50. The number of carbonyl (C=O) groups is 1. The number of benzene rings is 2. The standard InChI is InChI=1S/C16H14O/c1-11-10-13-7-6-12-4-2-3-5-14(12)15(13)8-9-16(11)17/h2-7,10H,8-9H2,1H3. The number of fused-ring (bicyclic) bond motifs is 3. The third kappa shape index (κ3) is 1.68. The quantitative estimate of drug-likeness (QED) is 0.663. The second-order valence-electron chi connectivity index (χ2n) is 4.61. The summed E-state index contributed by atoms with van der Waals surface area (Å²) in [6.07, 6.45) is 3.50. The number of aryl methyl sites for hydroxylation is 1. The summed E-state index contributed by atoms with van der Waals surface area (Å²) in [7, 11) is 0. The highest BCUT2D eigenvalue weighted by Gasteiger charge is 2.14. The van der Waals surface area contributed by atoms with Crippen LogP contribution >= 0.6 is 0 Å². The zero-order valence-corrected chi connectivity index (χ0v) is 9.86. The van der Waals surface area contributed by atoms with Crippen LogP contribution in [0.15, 0.2) is 42.0 Å². The number of ketones is 1. The molecule has 0 aliphatic heterocycles. The maximum Gasteiger partial charge on any atom is 0.158 e. The first-order chi connectivity index (χ1) is 8.25. The number of carbonyl (C=O) groups excluding carboxylic acids is 1. The van der Waals surface area contributed by atoms with Crippen molar-refractivity contribution >= 4 is 22.6 Å². The Labute approximate surface area is 101 Å². The van der Waals surface area contributed by atoms with Crippen LogP contribution in [0.5, 0.6) is 0 Å². The number of hydrogen-bond acceptors (Lipinski definition) is 1. The minimum atomic E-state index is 0.269. The van der Waals surface area contributed by atoms with Crippen LogP contribution in [0.4, 0.5) is 0 Å². The third-order valence-corrected chi connectivity index (χ3v) is 3.49. The summed E-state index contributed by atoms with van der Waals surface area (Å²) in [6, 6.07) is 12.6. The van der Waals surface area contributed by atoms with E-state index in [0.717, 1.165) is 12.0 Å². The van der Waals surface area contributed by atoms with Crippen LogP contribution in [-0.4, -0.2) is 5.78 Å². The molecule has 0 N–H and O–H groups in total. The molecular weight excluding hydrogens is 208 g/mol. The molecule has 1 aliphatic carbocycles. The van der Waals surface area contributed by atoms with Crippen molar-refractivity contribution in [3.8, 4) is 0 Å². The van der Waals surface area contributed by atoms with Gasteiger partial charge >= 0.3 is 0 Å². The topological polar surface area (TPSA) is 17.1 Å². The van der Waals surface area contributed by atoms with E-state index in [2.05, 4.69) is 36.4 Å². The van der Waals surface area contributed by atoms with Gasteiger partial charge in [0.1, 0.15) is 0 Å². The Hall–Kier alpha value is -1.89. The van der Waals surface area contributed by atoms with Crippen LogP contribution in [0.3, 0.4) is 0 Å². The minimum Gasteiger partial charge on any atom is -0.295 e. The van der Waals surface area contributed by atoms with E-state index < -0.39 is 0 Å². The first-order valence-electron chi connectivity index (χ1n) is 5.98. The first-order valence-corrected chi connectivity index (χ1v) is 5.98. The normalized spacial score (nSPS) is 15.4. The predicted molar refractivity (Wildman–Crippen MR) is 70.9 cm³/mol. The molecule has 1 nitrogen and oxygen atoms in total. The smallest absolute Gasteiger partial charge is 0.158 e. The van der Waals surface area contributed by atoms with Gasteiger partial charge in [0, 0.05) is 6.42 Å². The molecule has 2 aromatic carbocycles. The van der Waals surface area contributed by atoms with Gasteiger partial charge in [0.15, 0.2) is 5.78 Å². The van der Waals surface area contributed by atoms with Crippen LogP contribution in [0.2, 0.25) is 0 Å². The Morgan fingerprint density at radius 3 is 2.71 bits per heavy atom. The van der Waals surface area contributed by atoms with Gasteiger partial charge in [-0.25, -0.2) is 0 Å². The fourth-order valence-corrected chi connectivity index (χ4v) is 2.52. The molecule has 0 amide bonds. The van der Waals surface area contributed by atoms with E-state index in [1.54, 1.807) is 0 Å². The molecule has 84 valence electrons. The van der Waals surface area contributed by atoms with Crippen molar-refractivity contribution in [2.75, 3.05) is 0 Å². The molecule has 0 saturated heterocycles. The number of rotatable bonds is 0. The molecule has 1 heteroatoms. The molecule has 3 rings (SSSR count). The van der Waals surface area contributed by atoms with Gasteiger partial charge in [-0.2, -0.15) is 0 Å². The summed E-state index contributed by atoms with van der Waals surface area (Å²) >= 11 is 0. The lowest BCUT2D eigenvalue weighted by atomic mass is 9.96. The van der Waals surface area contributed by atoms with E-state index in [0.29, 0.717) is 6.42 Å². The summed E-state index contributed by atoms with van der Waals surface area (Å²) in [6.45, 7) is 1.91. The lowest BCUT2D eigenvalue weighted by Gasteiger charge is -2.08. The molecule has 0 radical (unpaired) electrons. The second kappa shape index (κ2) is 3.85. The molecule has 0 aromatic heterocycles. The van der Waals surface area contributed by atoms with Crippen LogP contribution in [-0.2, 0) is 11.2 Å². The molecule has 0 fully saturated rings. The predicted octanol–water partition coefficient (Wildman–Crippen LogP) is 3.76. The summed E-state index contributed by atoms with van der Waals surface area (Å²) < 4.78 is 0. The van der Waals surface area contributed by atoms with Gasteiger partial charge in [-0.15, -0.1) is 0 Å². The zero-order chi connectivity index (χ0) is 11.8. The van der Waals surface area contributed by atoms with Gasteiger partial charge in [-0.3, -0.25) is 4.79 Å². The van der Waals surface area contributed by atoms with E-state index in [1.165, 1.54) is 21.9 Å². The Bertz CT molecular complexity index is 635. The van der Waals surface area contributed by atoms with Crippen molar-refractivity contribution in [3.05, 3.63) is 53.1 Å². The summed E-state index contributed by atoms with van der Waals surface area (Å²) in [4.78, 5) is 11.8. The van der Waals surface area contributed by atoms with Gasteiger partial charge in [0.25, 0.3) is 0 Å². The Morgan fingerprint density at radius 1 is 1.00 bits per heavy atom. The highest BCUT2D eigenvalue weighted by molar-refractivity contribution is 6.02. The van der Waals surface area contributed by atoms with Crippen molar-refractivity contribution in [2.45, 2.75) is 19.8 Å². The first kappa shape index (κ1) is 10.3. The Morgan fingerprint density at radius 2 is 1.82 bits per heavy atom. The maximum atomic E-state index is 11.8. The van der Waals surface area contributed by atoms with E-state index in [1.807, 2.05) is 13.0 Å².